The zero-order valence-corrected chi connectivity index (χ0v) is 10.4. The van der Waals surface area contributed by atoms with E-state index in [4.69, 9.17) is 9.84 Å². The number of carbonyl (C=O) groups excluding carboxylic acids is 1. The van der Waals surface area contributed by atoms with Crippen molar-refractivity contribution in [3.8, 4) is 5.88 Å². The molecule has 17 heavy (non-hydrogen) atoms. The van der Waals surface area contributed by atoms with Crippen LogP contribution in [-0.2, 0) is 4.79 Å². The van der Waals surface area contributed by atoms with Crippen LogP contribution in [0.5, 0.6) is 5.88 Å². The summed E-state index contributed by atoms with van der Waals surface area (Å²) in [6.07, 6.45) is 0. The van der Waals surface area contributed by atoms with Crippen LogP contribution in [-0.4, -0.2) is 29.2 Å². The van der Waals surface area contributed by atoms with Gasteiger partial charge in [0.25, 0.3) is 0 Å². The number of aliphatic hydroxyl groups excluding tert-OH is 1. The maximum absolute atomic E-state index is 10.9. The predicted octanol–water partition coefficient (Wildman–Crippen LogP) is 1.44. The summed E-state index contributed by atoms with van der Waals surface area (Å²) in [6, 6.07) is 5.14. The number of carbonyl (C=O) groups is 1. The first-order valence-corrected chi connectivity index (χ1v) is 5.41. The summed E-state index contributed by atoms with van der Waals surface area (Å²) < 4.78 is 5.46. The number of aliphatic hydroxyl groups is 1. The number of hydrogen-bond donors (Lipinski definition) is 2. The monoisotopic (exact) mass is 238 g/mol. The highest BCUT2D eigenvalue weighted by Gasteiger charge is 2.17. The highest BCUT2D eigenvalue weighted by atomic mass is 16.5. The Morgan fingerprint density at radius 1 is 1.53 bits per heavy atom. The standard InChI is InChI=1S/C12H18N2O3/c1-9(16)13-10-5-4-6-11(14-10)17-8-12(2,3)7-15/h4-6,15H,7-8H2,1-3H3,(H,13,14,16). The molecule has 0 saturated carbocycles. The number of nitrogens with one attached hydrogen (secondary N) is 1. The number of amides is 1. The van der Waals surface area contributed by atoms with Crippen molar-refractivity contribution < 1.29 is 14.6 Å². The van der Waals surface area contributed by atoms with E-state index >= 15 is 0 Å². The molecule has 0 aliphatic rings. The van der Waals surface area contributed by atoms with E-state index in [9.17, 15) is 4.79 Å². The first-order valence-electron chi connectivity index (χ1n) is 5.41. The van der Waals surface area contributed by atoms with Crippen LogP contribution in [0, 0.1) is 5.41 Å². The van der Waals surface area contributed by atoms with Gasteiger partial charge < -0.3 is 15.2 Å². The van der Waals surface area contributed by atoms with Gasteiger partial charge in [0.15, 0.2) is 0 Å². The van der Waals surface area contributed by atoms with Gasteiger partial charge in [0, 0.05) is 18.4 Å². The number of pyridine rings is 1. The molecule has 1 aromatic rings. The third-order valence-electron chi connectivity index (χ3n) is 2.07. The van der Waals surface area contributed by atoms with Gasteiger partial charge in [0.1, 0.15) is 5.82 Å². The molecule has 1 amide bonds. The highest BCUT2D eigenvalue weighted by molar-refractivity contribution is 5.87. The minimum atomic E-state index is -0.314. The Labute approximate surface area is 101 Å². The third-order valence-corrected chi connectivity index (χ3v) is 2.07. The molecule has 2 N–H and O–H groups in total. The molecule has 0 bridgehead atoms. The van der Waals surface area contributed by atoms with Crippen LogP contribution in [0.25, 0.3) is 0 Å². The smallest absolute Gasteiger partial charge is 0.222 e. The molecule has 5 heteroatoms. The Kier molecular flexibility index (Phi) is 4.45. The lowest BCUT2D eigenvalue weighted by atomic mass is 9.97. The van der Waals surface area contributed by atoms with E-state index < -0.39 is 0 Å². The van der Waals surface area contributed by atoms with E-state index in [-0.39, 0.29) is 17.9 Å². The minimum Gasteiger partial charge on any atom is -0.477 e. The lowest BCUT2D eigenvalue weighted by Gasteiger charge is -2.21. The molecule has 1 rings (SSSR count). The van der Waals surface area contributed by atoms with Gasteiger partial charge >= 0.3 is 0 Å². The van der Waals surface area contributed by atoms with E-state index in [1.165, 1.54) is 6.92 Å². The molecule has 0 aliphatic carbocycles. The van der Waals surface area contributed by atoms with Gasteiger partial charge in [0.2, 0.25) is 11.8 Å². The molecule has 0 atom stereocenters. The maximum atomic E-state index is 10.9. The molecule has 0 unspecified atom stereocenters. The first-order chi connectivity index (χ1) is 7.93. The number of rotatable bonds is 5. The van der Waals surface area contributed by atoms with Crippen LogP contribution in [0.15, 0.2) is 18.2 Å². The van der Waals surface area contributed by atoms with Crippen molar-refractivity contribution in [2.45, 2.75) is 20.8 Å². The molecule has 0 aromatic carbocycles. The number of aromatic nitrogens is 1. The summed E-state index contributed by atoms with van der Waals surface area (Å²) in [5.74, 6) is 0.708. The van der Waals surface area contributed by atoms with Crippen molar-refractivity contribution in [1.29, 1.82) is 0 Å². The van der Waals surface area contributed by atoms with Crippen molar-refractivity contribution in [1.82, 2.24) is 4.98 Å². The zero-order chi connectivity index (χ0) is 12.9. The SMILES string of the molecule is CC(=O)Nc1cccc(OCC(C)(C)CO)n1. The first kappa shape index (κ1) is 13.4. The van der Waals surface area contributed by atoms with E-state index in [2.05, 4.69) is 10.3 Å². The fraction of sp³-hybridized carbons (Fsp3) is 0.500. The second kappa shape index (κ2) is 5.63. The number of anilines is 1. The summed E-state index contributed by atoms with van der Waals surface area (Å²) in [6.45, 7) is 5.61. The van der Waals surface area contributed by atoms with Crippen LogP contribution in [0.1, 0.15) is 20.8 Å². The quantitative estimate of drug-likeness (QED) is 0.814. The largest absolute Gasteiger partial charge is 0.477 e. The fourth-order valence-electron chi connectivity index (χ4n) is 1.06. The van der Waals surface area contributed by atoms with Crippen molar-refractivity contribution in [3.63, 3.8) is 0 Å². The third kappa shape index (κ3) is 4.82. The average molecular weight is 238 g/mol. The Balaban J connectivity index is 2.63. The molecule has 0 aliphatic heterocycles. The van der Waals surface area contributed by atoms with Gasteiger partial charge in [-0.3, -0.25) is 4.79 Å². The van der Waals surface area contributed by atoms with Crippen LogP contribution in [0.3, 0.4) is 0 Å². The minimum absolute atomic E-state index is 0.0401. The molecular weight excluding hydrogens is 220 g/mol. The van der Waals surface area contributed by atoms with Gasteiger partial charge in [-0.05, 0) is 6.07 Å². The Hall–Kier alpha value is -1.62. The Morgan fingerprint density at radius 3 is 2.82 bits per heavy atom. The normalized spacial score (nSPS) is 11.1. The summed E-state index contributed by atoms with van der Waals surface area (Å²) in [4.78, 5) is 15.0. The molecule has 1 heterocycles. The van der Waals surface area contributed by atoms with Gasteiger partial charge in [-0.15, -0.1) is 0 Å². The van der Waals surface area contributed by atoms with Gasteiger partial charge in [-0.25, -0.2) is 0 Å². The second-order valence-corrected chi connectivity index (χ2v) is 4.65. The number of nitrogens with zero attached hydrogens (tertiary/aromatic N) is 1. The lowest BCUT2D eigenvalue weighted by molar-refractivity contribution is -0.114. The number of ether oxygens (including phenoxy) is 1. The van der Waals surface area contributed by atoms with Crippen molar-refractivity contribution >= 4 is 11.7 Å². The second-order valence-electron chi connectivity index (χ2n) is 4.65. The van der Waals surface area contributed by atoms with Crippen molar-refractivity contribution in [3.05, 3.63) is 18.2 Å². The molecule has 0 spiro atoms. The van der Waals surface area contributed by atoms with Crippen molar-refractivity contribution in [2.24, 2.45) is 5.41 Å². The highest BCUT2D eigenvalue weighted by Crippen LogP contribution is 2.17. The molecule has 0 fully saturated rings. The predicted molar refractivity (Wildman–Crippen MR) is 64.9 cm³/mol. The van der Waals surface area contributed by atoms with Crippen molar-refractivity contribution in [2.75, 3.05) is 18.5 Å². The van der Waals surface area contributed by atoms with Crippen LogP contribution < -0.4 is 10.1 Å². The molecular formula is C12H18N2O3. The maximum Gasteiger partial charge on any atom is 0.222 e. The van der Waals surface area contributed by atoms with Gasteiger partial charge in [0.05, 0.1) is 13.2 Å². The topological polar surface area (TPSA) is 71.5 Å². The summed E-state index contributed by atoms with van der Waals surface area (Å²) in [5, 5.41) is 11.7. The fourth-order valence-corrected chi connectivity index (χ4v) is 1.06. The molecule has 5 nitrogen and oxygen atoms in total. The Morgan fingerprint density at radius 2 is 2.24 bits per heavy atom. The molecule has 1 aromatic heterocycles. The molecule has 94 valence electrons. The van der Waals surface area contributed by atoms with E-state index in [1.54, 1.807) is 18.2 Å². The lowest BCUT2D eigenvalue weighted by Crippen LogP contribution is -2.25. The number of hydrogen-bond acceptors (Lipinski definition) is 4. The summed E-state index contributed by atoms with van der Waals surface area (Å²) in [7, 11) is 0. The average Bonchev–Trinajstić information content (AvgIpc) is 2.26. The molecule has 0 radical (unpaired) electrons. The van der Waals surface area contributed by atoms with E-state index in [0.717, 1.165) is 0 Å². The van der Waals surface area contributed by atoms with Crippen LogP contribution in [0.2, 0.25) is 0 Å². The Bertz CT molecular complexity index is 391. The van der Waals surface area contributed by atoms with Gasteiger partial charge in [-0.2, -0.15) is 4.98 Å². The van der Waals surface area contributed by atoms with Crippen LogP contribution >= 0.6 is 0 Å². The van der Waals surface area contributed by atoms with Gasteiger partial charge in [-0.1, -0.05) is 19.9 Å². The zero-order valence-electron chi connectivity index (χ0n) is 10.4. The van der Waals surface area contributed by atoms with E-state index in [0.29, 0.717) is 18.3 Å². The summed E-state index contributed by atoms with van der Waals surface area (Å²) in [5.41, 5.74) is -0.314. The molecule has 0 saturated heterocycles. The van der Waals surface area contributed by atoms with E-state index in [1.807, 2.05) is 13.8 Å². The van der Waals surface area contributed by atoms with Crippen LogP contribution in [0.4, 0.5) is 5.82 Å². The summed E-state index contributed by atoms with van der Waals surface area (Å²) >= 11 is 0.